The first-order valence-electron chi connectivity index (χ1n) is 7.07. The molecule has 0 unspecified atom stereocenters. The zero-order valence-electron chi connectivity index (χ0n) is 13.5. The summed E-state index contributed by atoms with van der Waals surface area (Å²) >= 11 is 0. The molecular formula is C15H26N2O3S. The quantitative estimate of drug-likeness (QED) is 0.805. The number of nitrogens with one attached hydrogen (secondary N) is 1. The Kier molecular flexibility index (Phi) is 5.92. The summed E-state index contributed by atoms with van der Waals surface area (Å²) in [5.74, 6) is 0. The molecule has 0 spiro atoms. The molecule has 0 amide bonds. The van der Waals surface area contributed by atoms with Crippen molar-refractivity contribution in [2.75, 3.05) is 13.2 Å². The molecule has 120 valence electrons. The van der Waals surface area contributed by atoms with Crippen LogP contribution in [0, 0.1) is 13.8 Å². The topological polar surface area (TPSA) is 81.4 Å². The van der Waals surface area contributed by atoms with E-state index in [-0.39, 0.29) is 11.4 Å². The van der Waals surface area contributed by atoms with Gasteiger partial charge >= 0.3 is 0 Å². The van der Waals surface area contributed by atoms with Crippen molar-refractivity contribution in [3.8, 4) is 0 Å². The van der Waals surface area contributed by atoms with Gasteiger partial charge in [-0.25, -0.2) is 13.1 Å². The minimum absolute atomic E-state index is 0.217. The standard InChI is InChI=1S/C15H26N2O3S/c1-6-20-15(4,5)10-17-21(18,19)14-8-13(9-16)11(2)7-12(14)3/h7-8,17H,6,9-10,16H2,1-5H3. The summed E-state index contributed by atoms with van der Waals surface area (Å²) in [6.07, 6.45) is 0. The predicted molar refractivity (Wildman–Crippen MR) is 84.7 cm³/mol. The minimum Gasteiger partial charge on any atom is -0.375 e. The van der Waals surface area contributed by atoms with Crippen LogP contribution in [-0.4, -0.2) is 27.2 Å². The third-order valence-electron chi connectivity index (χ3n) is 3.37. The van der Waals surface area contributed by atoms with Gasteiger partial charge in [0, 0.05) is 19.7 Å². The molecule has 0 aliphatic rings. The lowest BCUT2D eigenvalue weighted by Gasteiger charge is -2.25. The molecule has 6 heteroatoms. The molecule has 0 bridgehead atoms. The highest BCUT2D eigenvalue weighted by Gasteiger charge is 2.24. The lowest BCUT2D eigenvalue weighted by molar-refractivity contribution is -0.00515. The van der Waals surface area contributed by atoms with Gasteiger partial charge in [0.15, 0.2) is 0 Å². The molecule has 21 heavy (non-hydrogen) atoms. The predicted octanol–water partition coefficient (Wildman–Crippen LogP) is 1.86. The monoisotopic (exact) mass is 314 g/mol. The Morgan fingerprint density at radius 1 is 1.24 bits per heavy atom. The molecule has 0 aliphatic heterocycles. The molecule has 1 rings (SSSR count). The number of nitrogens with two attached hydrogens (primary N) is 1. The van der Waals surface area contributed by atoms with Gasteiger partial charge < -0.3 is 10.5 Å². The van der Waals surface area contributed by atoms with Gasteiger partial charge in [0.25, 0.3) is 0 Å². The normalized spacial score (nSPS) is 12.7. The molecule has 0 radical (unpaired) electrons. The van der Waals surface area contributed by atoms with Crippen LogP contribution >= 0.6 is 0 Å². The Bertz CT molecular complexity index is 595. The number of hydrogen-bond acceptors (Lipinski definition) is 4. The van der Waals surface area contributed by atoms with E-state index in [4.69, 9.17) is 10.5 Å². The van der Waals surface area contributed by atoms with Gasteiger partial charge in [-0.2, -0.15) is 0 Å². The number of ether oxygens (including phenoxy) is 1. The van der Waals surface area contributed by atoms with Crippen LogP contribution in [0.2, 0.25) is 0 Å². The van der Waals surface area contributed by atoms with Crippen LogP contribution in [0.15, 0.2) is 17.0 Å². The Labute approximate surface area is 127 Å². The number of aryl methyl sites for hydroxylation is 2. The van der Waals surface area contributed by atoms with Crippen molar-refractivity contribution in [1.29, 1.82) is 0 Å². The lowest BCUT2D eigenvalue weighted by atomic mass is 10.1. The van der Waals surface area contributed by atoms with Crippen molar-refractivity contribution in [2.24, 2.45) is 5.73 Å². The Hall–Kier alpha value is -0.950. The lowest BCUT2D eigenvalue weighted by Crippen LogP contribution is -2.40. The van der Waals surface area contributed by atoms with E-state index in [0.29, 0.717) is 18.7 Å². The SMILES string of the molecule is CCOC(C)(C)CNS(=O)(=O)c1cc(CN)c(C)cc1C. The molecule has 0 atom stereocenters. The third kappa shape index (κ3) is 4.78. The zero-order valence-corrected chi connectivity index (χ0v) is 14.3. The van der Waals surface area contributed by atoms with Crippen molar-refractivity contribution in [3.05, 3.63) is 28.8 Å². The van der Waals surface area contributed by atoms with E-state index in [1.165, 1.54) is 0 Å². The van der Waals surface area contributed by atoms with Gasteiger partial charge in [-0.15, -0.1) is 0 Å². The van der Waals surface area contributed by atoms with Gasteiger partial charge in [-0.1, -0.05) is 6.07 Å². The van der Waals surface area contributed by atoms with Gasteiger partial charge in [0.2, 0.25) is 10.0 Å². The maximum absolute atomic E-state index is 12.5. The van der Waals surface area contributed by atoms with Crippen LogP contribution in [0.4, 0.5) is 0 Å². The maximum Gasteiger partial charge on any atom is 0.240 e. The van der Waals surface area contributed by atoms with E-state index in [1.54, 1.807) is 13.0 Å². The fourth-order valence-electron chi connectivity index (χ4n) is 2.17. The molecule has 0 saturated heterocycles. The smallest absolute Gasteiger partial charge is 0.240 e. The molecular weight excluding hydrogens is 288 g/mol. The second-order valence-corrected chi connectivity index (χ2v) is 7.50. The number of rotatable bonds is 7. The first kappa shape index (κ1) is 18.1. The fraction of sp³-hybridized carbons (Fsp3) is 0.600. The van der Waals surface area contributed by atoms with Crippen molar-refractivity contribution in [1.82, 2.24) is 4.72 Å². The van der Waals surface area contributed by atoms with E-state index in [9.17, 15) is 8.42 Å². The summed E-state index contributed by atoms with van der Waals surface area (Å²) in [6.45, 7) is 10.4. The number of benzene rings is 1. The average molecular weight is 314 g/mol. The van der Waals surface area contributed by atoms with Gasteiger partial charge in [0.1, 0.15) is 0 Å². The molecule has 0 heterocycles. The summed E-state index contributed by atoms with van der Waals surface area (Å²) in [5, 5.41) is 0. The van der Waals surface area contributed by atoms with Crippen molar-refractivity contribution in [2.45, 2.75) is 51.7 Å². The molecule has 0 fully saturated rings. The molecule has 0 saturated carbocycles. The number of sulfonamides is 1. The second-order valence-electron chi connectivity index (χ2n) is 5.77. The highest BCUT2D eigenvalue weighted by molar-refractivity contribution is 7.89. The third-order valence-corrected chi connectivity index (χ3v) is 4.91. The van der Waals surface area contributed by atoms with E-state index in [0.717, 1.165) is 11.1 Å². The zero-order chi connectivity index (χ0) is 16.3. The second kappa shape index (κ2) is 6.87. The van der Waals surface area contributed by atoms with Crippen LogP contribution < -0.4 is 10.5 Å². The summed E-state index contributed by atoms with van der Waals surface area (Å²) < 4.78 is 33.1. The fourth-order valence-corrected chi connectivity index (χ4v) is 3.65. The van der Waals surface area contributed by atoms with E-state index >= 15 is 0 Å². The summed E-state index contributed by atoms with van der Waals surface area (Å²) in [4.78, 5) is 0.279. The summed E-state index contributed by atoms with van der Waals surface area (Å²) in [7, 11) is -3.58. The largest absolute Gasteiger partial charge is 0.375 e. The van der Waals surface area contributed by atoms with Crippen LogP contribution in [0.1, 0.15) is 37.5 Å². The van der Waals surface area contributed by atoms with Crippen LogP contribution in [0.25, 0.3) is 0 Å². The van der Waals surface area contributed by atoms with Gasteiger partial charge in [0.05, 0.1) is 10.5 Å². The highest BCUT2D eigenvalue weighted by atomic mass is 32.2. The van der Waals surface area contributed by atoms with Crippen molar-refractivity contribution >= 4 is 10.0 Å². The van der Waals surface area contributed by atoms with Crippen LogP contribution in [0.3, 0.4) is 0 Å². The van der Waals surface area contributed by atoms with Gasteiger partial charge in [-0.3, -0.25) is 0 Å². The maximum atomic E-state index is 12.5. The molecule has 3 N–H and O–H groups in total. The minimum atomic E-state index is -3.58. The average Bonchev–Trinajstić information content (AvgIpc) is 2.36. The number of hydrogen-bond donors (Lipinski definition) is 2. The van der Waals surface area contributed by atoms with E-state index in [2.05, 4.69) is 4.72 Å². The highest BCUT2D eigenvalue weighted by Crippen LogP contribution is 2.21. The Morgan fingerprint density at radius 2 is 1.86 bits per heavy atom. The summed E-state index contributed by atoms with van der Waals surface area (Å²) in [6, 6.07) is 3.51. The first-order chi connectivity index (χ1) is 9.63. The van der Waals surface area contributed by atoms with Gasteiger partial charge in [-0.05, 0) is 57.4 Å². The van der Waals surface area contributed by atoms with Crippen LogP contribution in [0.5, 0.6) is 0 Å². The molecule has 5 nitrogen and oxygen atoms in total. The summed E-state index contributed by atoms with van der Waals surface area (Å²) in [5.41, 5.74) is 7.67. The Balaban J connectivity index is 3.03. The van der Waals surface area contributed by atoms with E-state index < -0.39 is 15.6 Å². The first-order valence-corrected chi connectivity index (χ1v) is 8.55. The molecule has 1 aromatic rings. The molecule has 1 aromatic carbocycles. The van der Waals surface area contributed by atoms with Crippen molar-refractivity contribution < 1.29 is 13.2 Å². The Morgan fingerprint density at radius 3 is 2.38 bits per heavy atom. The van der Waals surface area contributed by atoms with Crippen molar-refractivity contribution in [3.63, 3.8) is 0 Å². The van der Waals surface area contributed by atoms with E-state index in [1.807, 2.05) is 33.8 Å². The molecule has 0 aromatic heterocycles. The van der Waals surface area contributed by atoms with Crippen LogP contribution in [-0.2, 0) is 21.3 Å². The molecule has 0 aliphatic carbocycles.